The van der Waals surface area contributed by atoms with E-state index >= 15 is 0 Å². The third-order valence-corrected chi connectivity index (χ3v) is 5.13. The average Bonchev–Trinajstić information content (AvgIpc) is 3.44. The maximum Gasteiger partial charge on any atom is 0.214 e. The van der Waals surface area contributed by atoms with Gasteiger partial charge in [0, 0.05) is 47.5 Å². The van der Waals surface area contributed by atoms with Crippen LogP contribution in [-0.4, -0.2) is 19.9 Å². The zero-order valence-corrected chi connectivity index (χ0v) is 14.6. The van der Waals surface area contributed by atoms with E-state index in [-0.39, 0.29) is 0 Å². The second-order valence-electron chi connectivity index (χ2n) is 7.07. The van der Waals surface area contributed by atoms with Gasteiger partial charge in [-0.3, -0.25) is 4.98 Å². The van der Waals surface area contributed by atoms with Crippen LogP contribution in [0.5, 0.6) is 5.88 Å². The molecule has 0 radical (unpaired) electrons. The van der Waals surface area contributed by atoms with Crippen LogP contribution in [0, 0.1) is 0 Å². The van der Waals surface area contributed by atoms with Gasteiger partial charge in [0.2, 0.25) is 5.88 Å². The Morgan fingerprint density at radius 3 is 2.81 bits per heavy atom. The minimum absolute atomic E-state index is 0.513. The molecule has 0 aliphatic heterocycles. The van der Waals surface area contributed by atoms with E-state index in [0.29, 0.717) is 18.4 Å². The first kappa shape index (κ1) is 15.4. The monoisotopic (exact) mass is 344 g/mol. The molecule has 0 saturated heterocycles. The van der Waals surface area contributed by atoms with Gasteiger partial charge in [0.1, 0.15) is 12.9 Å². The lowest BCUT2D eigenvalue weighted by Gasteiger charge is -2.12. The summed E-state index contributed by atoms with van der Waals surface area (Å²) in [6.07, 6.45) is 12.9. The number of rotatable bonds is 5. The summed E-state index contributed by atoms with van der Waals surface area (Å²) in [6, 6.07) is 6.22. The fourth-order valence-electron chi connectivity index (χ4n) is 3.63. The molecule has 0 atom stereocenters. The van der Waals surface area contributed by atoms with Gasteiger partial charge in [-0.1, -0.05) is 0 Å². The Bertz CT molecular complexity index is 938. The van der Waals surface area contributed by atoms with Crippen molar-refractivity contribution in [3.05, 3.63) is 65.6 Å². The fraction of sp³-hybridized carbons (Fsp3) is 0.333. The van der Waals surface area contributed by atoms with Crippen LogP contribution in [0.15, 0.2) is 43.1 Å². The first-order valence-electron chi connectivity index (χ1n) is 9.22. The first-order valence-corrected chi connectivity index (χ1v) is 9.22. The van der Waals surface area contributed by atoms with Crippen molar-refractivity contribution < 1.29 is 4.74 Å². The second kappa shape index (κ2) is 6.48. The topological polar surface area (TPSA) is 60.8 Å². The van der Waals surface area contributed by atoms with Gasteiger partial charge in [-0.15, -0.1) is 0 Å². The van der Waals surface area contributed by atoms with Gasteiger partial charge < -0.3 is 4.74 Å². The van der Waals surface area contributed by atoms with E-state index in [2.05, 4.69) is 21.0 Å². The van der Waals surface area contributed by atoms with Crippen LogP contribution in [0.2, 0.25) is 0 Å². The molecule has 0 N–H and O–H groups in total. The Labute approximate surface area is 152 Å². The van der Waals surface area contributed by atoms with Gasteiger partial charge in [0.15, 0.2) is 0 Å². The Morgan fingerprint density at radius 1 is 1.08 bits per heavy atom. The summed E-state index contributed by atoms with van der Waals surface area (Å²) in [5.74, 6) is 1.33. The van der Waals surface area contributed by atoms with Crippen LogP contribution in [0.25, 0.3) is 11.1 Å². The lowest BCUT2D eigenvalue weighted by atomic mass is 10.0. The Morgan fingerprint density at radius 2 is 1.96 bits per heavy atom. The van der Waals surface area contributed by atoms with Crippen LogP contribution in [0.1, 0.15) is 47.7 Å². The summed E-state index contributed by atoms with van der Waals surface area (Å²) in [6.45, 7) is 0.513. The van der Waals surface area contributed by atoms with E-state index in [1.807, 2.05) is 30.7 Å². The van der Waals surface area contributed by atoms with Crippen molar-refractivity contribution in [1.82, 2.24) is 19.9 Å². The Hall–Kier alpha value is -2.82. The molecule has 26 heavy (non-hydrogen) atoms. The summed E-state index contributed by atoms with van der Waals surface area (Å²) < 4.78 is 6.05. The molecule has 0 aromatic carbocycles. The molecule has 5 rings (SSSR count). The number of hydrogen-bond acceptors (Lipinski definition) is 5. The SMILES string of the molecule is c1ncc(-c2cc(OCc3ccnc(C4CC4)c3)nc3c2CCC3)cn1. The highest BCUT2D eigenvalue weighted by molar-refractivity contribution is 5.68. The minimum atomic E-state index is 0.513. The van der Waals surface area contributed by atoms with E-state index in [1.54, 1.807) is 6.33 Å². The van der Waals surface area contributed by atoms with Crippen LogP contribution < -0.4 is 4.74 Å². The molecule has 0 unspecified atom stereocenters. The third kappa shape index (κ3) is 3.05. The van der Waals surface area contributed by atoms with E-state index < -0.39 is 0 Å². The minimum Gasteiger partial charge on any atom is -0.473 e. The molecule has 5 heteroatoms. The Kier molecular flexibility index (Phi) is 3.85. The molecule has 130 valence electrons. The third-order valence-electron chi connectivity index (χ3n) is 5.13. The summed E-state index contributed by atoms with van der Waals surface area (Å²) in [7, 11) is 0. The van der Waals surface area contributed by atoms with Gasteiger partial charge >= 0.3 is 0 Å². The van der Waals surface area contributed by atoms with Crippen LogP contribution in [-0.2, 0) is 19.4 Å². The summed E-state index contributed by atoms with van der Waals surface area (Å²) in [4.78, 5) is 17.5. The van der Waals surface area contributed by atoms with Crippen LogP contribution in [0.3, 0.4) is 0 Å². The van der Waals surface area contributed by atoms with Crippen molar-refractivity contribution in [2.45, 2.75) is 44.6 Å². The van der Waals surface area contributed by atoms with Gasteiger partial charge in [0.25, 0.3) is 0 Å². The number of hydrogen-bond donors (Lipinski definition) is 0. The van der Waals surface area contributed by atoms with E-state index in [4.69, 9.17) is 9.72 Å². The standard InChI is InChI=1S/C21H20N4O/c1-2-17-18(16-10-22-13-23-11-16)9-21(25-19(17)3-1)26-12-14-6-7-24-20(8-14)15-4-5-15/h6-11,13,15H,1-5,12H2. The molecular formula is C21H20N4O. The van der Waals surface area contributed by atoms with Crippen molar-refractivity contribution in [1.29, 1.82) is 0 Å². The van der Waals surface area contributed by atoms with Crippen LogP contribution >= 0.6 is 0 Å². The molecule has 1 saturated carbocycles. The zero-order chi connectivity index (χ0) is 17.3. The number of aromatic nitrogens is 4. The fourth-order valence-corrected chi connectivity index (χ4v) is 3.63. The molecule has 1 fully saturated rings. The van der Waals surface area contributed by atoms with Crippen molar-refractivity contribution in [2.75, 3.05) is 0 Å². The molecular weight excluding hydrogens is 324 g/mol. The van der Waals surface area contributed by atoms with E-state index in [1.165, 1.54) is 24.1 Å². The summed E-state index contributed by atoms with van der Waals surface area (Å²) in [5.41, 5.74) is 6.97. The molecule has 0 spiro atoms. The molecule has 2 aliphatic carbocycles. The molecule has 3 aromatic rings. The van der Waals surface area contributed by atoms with Crippen LogP contribution in [0.4, 0.5) is 0 Å². The van der Waals surface area contributed by atoms with Gasteiger partial charge in [-0.2, -0.15) is 0 Å². The highest BCUT2D eigenvalue weighted by atomic mass is 16.5. The summed E-state index contributed by atoms with van der Waals surface area (Å²) in [5, 5.41) is 0. The van der Waals surface area contributed by atoms with Crippen molar-refractivity contribution in [2.24, 2.45) is 0 Å². The maximum atomic E-state index is 6.05. The molecule has 0 bridgehead atoms. The van der Waals surface area contributed by atoms with Gasteiger partial charge in [0.05, 0.1) is 0 Å². The van der Waals surface area contributed by atoms with Gasteiger partial charge in [-0.25, -0.2) is 15.0 Å². The Balaban J connectivity index is 1.42. The molecule has 3 aromatic heterocycles. The maximum absolute atomic E-state index is 6.05. The summed E-state index contributed by atoms with van der Waals surface area (Å²) >= 11 is 0. The smallest absolute Gasteiger partial charge is 0.214 e. The van der Waals surface area contributed by atoms with Crippen molar-refractivity contribution in [3.63, 3.8) is 0 Å². The molecule has 2 aliphatic rings. The number of nitrogens with zero attached hydrogens (tertiary/aromatic N) is 4. The lowest BCUT2D eigenvalue weighted by molar-refractivity contribution is 0.293. The number of fused-ring (bicyclic) bond motifs is 1. The van der Waals surface area contributed by atoms with E-state index in [0.717, 1.165) is 41.6 Å². The second-order valence-corrected chi connectivity index (χ2v) is 7.07. The normalized spacial score (nSPS) is 15.7. The van der Waals surface area contributed by atoms with E-state index in [9.17, 15) is 0 Å². The lowest BCUT2D eigenvalue weighted by Crippen LogP contribution is -2.02. The molecule has 3 heterocycles. The molecule has 0 amide bonds. The van der Waals surface area contributed by atoms with Crippen molar-refractivity contribution in [3.8, 4) is 17.0 Å². The molecule has 5 nitrogen and oxygen atoms in total. The van der Waals surface area contributed by atoms with Crippen molar-refractivity contribution >= 4 is 0 Å². The predicted molar refractivity (Wildman–Crippen MR) is 97.8 cm³/mol. The van der Waals surface area contributed by atoms with Gasteiger partial charge in [-0.05, 0) is 60.9 Å². The number of ether oxygens (including phenoxy) is 1. The number of pyridine rings is 2. The zero-order valence-electron chi connectivity index (χ0n) is 14.6. The first-order chi connectivity index (χ1) is 12.9. The number of aryl methyl sites for hydroxylation is 1. The quantitative estimate of drug-likeness (QED) is 0.703. The highest BCUT2D eigenvalue weighted by Gasteiger charge is 2.25. The largest absolute Gasteiger partial charge is 0.473 e. The predicted octanol–water partition coefficient (Wildman–Crippen LogP) is 3.88. The average molecular weight is 344 g/mol. The highest BCUT2D eigenvalue weighted by Crippen LogP contribution is 2.39.